The molecule has 0 saturated carbocycles. The third-order valence-electron chi connectivity index (χ3n) is 4.39. The zero-order valence-electron chi connectivity index (χ0n) is 12.5. The number of aromatic nitrogens is 1. The van der Waals surface area contributed by atoms with Crippen molar-refractivity contribution < 1.29 is 4.39 Å². The zero-order valence-corrected chi connectivity index (χ0v) is 12.5. The molecular formula is C17H22FN3. The van der Waals surface area contributed by atoms with Gasteiger partial charge in [0.2, 0.25) is 0 Å². The van der Waals surface area contributed by atoms with Gasteiger partial charge in [-0.05, 0) is 30.0 Å². The molecule has 0 spiro atoms. The first-order valence-corrected chi connectivity index (χ1v) is 7.30. The number of halogens is 1. The van der Waals surface area contributed by atoms with E-state index in [9.17, 15) is 4.39 Å². The third-order valence-corrected chi connectivity index (χ3v) is 4.39. The molecular weight excluding hydrogens is 265 g/mol. The molecule has 1 unspecified atom stereocenters. The Bertz CT molecular complexity index is 567. The number of nitrogens with two attached hydrogens (primary N) is 1. The molecule has 21 heavy (non-hydrogen) atoms. The lowest BCUT2D eigenvalue weighted by Gasteiger charge is -2.40. The van der Waals surface area contributed by atoms with Gasteiger partial charge in [-0.3, -0.25) is 16.3 Å². The predicted molar refractivity (Wildman–Crippen MR) is 83.0 cm³/mol. The van der Waals surface area contributed by atoms with E-state index in [0.717, 1.165) is 18.4 Å². The van der Waals surface area contributed by atoms with Crippen LogP contribution in [0.2, 0.25) is 0 Å². The van der Waals surface area contributed by atoms with Crippen molar-refractivity contribution in [3.63, 3.8) is 0 Å². The molecule has 2 rings (SSSR count). The third kappa shape index (κ3) is 2.96. The monoisotopic (exact) mass is 287 g/mol. The number of hydrazine groups is 1. The first-order valence-electron chi connectivity index (χ1n) is 7.30. The van der Waals surface area contributed by atoms with E-state index in [1.165, 1.54) is 17.8 Å². The fourth-order valence-corrected chi connectivity index (χ4v) is 3.16. The van der Waals surface area contributed by atoms with E-state index in [2.05, 4.69) is 36.4 Å². The summed E-state index contributed by atoms with van der Waals surface area (Å²) in [4.78, 5) is 3.96. The van der Waals surface area contributed by atoms with Gasteiger partial charge in [-0.25, -0.2) is 4.39 Å². The highest BCUT2D eigenvalue weighted by Gasteiger charge is 2.38. The first kappa shape index (κ1) is 15.6. The number of nitrogens with zero attached hydrogens (tertiary/aromatic N) is 1. The molecule has 3 nitrogen and oxygen atoms in total. The van der Waals surface area contributed by atoms with E-state index in [1.807, 2.05) is 18.2 Å². The summed E-state index contributed by atoms with van der Waals surface area (Å²) < 4.78 is 13.5. The molecule has 0 radical (unpaired) electrons. The number of hydrogen-bond donors (Lipinski definition) is 2. The Labute approximate surface area is 125 Å². The van der Waals surface area contributed by atoms with Crippen molar-refractivity contribution in [1.29, 1.82) is 0 Å². The topological polar surface area (TPSA) is 50.9 Å². The Morgan fingerprint density at radius 2 is 1.86 bits per heavy atom. The summed E-state index contributed by atoms with van der Waals surface area (Å²) in [6, 6.07) is 11.5. The van der Waals surface area contributed by atoms with Gasteiger partial charge in [-0.2, -0.15) is 0 Å². The summed E-state index contributed by atoms with van der Waals surface area (Å²) in [5.74, 6) is 5.48. The van der Waals surface area contributed by atoms with Crippen molar-refractivity contribution in [2.45, 2.75) is 38.1 Å². The van der Waals surface area contributed by atoms with Gasteiger partial charge in [-0.1, -0.05) is 44.2 Å². The Hall–Kier alpha value is -1.78. The number of hydrogen-bond acceptors (Lipinski definition) is 3. The zero-order chi connectivity index (χ0) is 15.3. The van der Waals surface area contributed by atoms with Crippen molar-refractivity contribution in [2.75, 3.05) is 0 Å². The number of rotatable bonds is 6. The van der Waals surface area contributed by atoms with Gasteiger partial charge in [0, 0.05) is 11.6 Å². The quantitative estimate of drug-likeness (QED) is 0.631. The minimum atomic E-state index is -0.345. The van der Waals surface area contributed by atoms with E-state index in [0.29, 0.717) is 0 Å². The van der Waals surface area contributed by atoms with Crippen LogP contribution >= 0.6 is 0 Å². The Kier molecular flexibility index (Phi) is 5.04. The molecule has 1 heterocycles. The van der Waals surface area contributed by atoms with Crippen molar-refractivity contribution in [3.8, 4) is 0 Å². The molecule has 0 aliphatic heterocycles. The molecule has 2 aromatic rings. The lowest BCUT2D eigenvalue weighted by molar-refractivity contribution is 0.275. The number of pyridine rings is 1. The van der Waals surface area contributed by atoms with Crippen molar-refractivity contribution in [3.05, 3.63) is 65.7 Å². The van der Waals surface area contributed by atoms with Crippen LogP contribution in [0.3, 0.4) is 0 Å². The van der Waals surface area contributed by atoms with Gasteiger partial charge < -0.3 is 0 Å². The summed E-state index contributed by atoms with van der Waals surface area (Å²) in [5.41, 5.74) is 4.64. The van der Waals surface area contributed by atoms with Crippen LogP contribution in [0.25, 0.3) is 0 Å². The largest absolute Gasteiger partial charge is 0.271 e. The molecule has 1 atom stereocenters. The summed E-state index contributed by atoms with van der Waals surface area (Å²) in [6.07, 6.45) is 4.66. The minimum absolute atomic E-state index is 0.196. The van der Waals surface area contributed by atoms with Crippen molar-refractivity contribution in [2.24, 2.45) is 5.84 Å². The second-order valence-electron chi connectivity index (χ2n) is 5.27. The molecule has 0 saturated heterocycles. The molecule has 1 aromatic carbocycles. The maximum atomic E-state index is 13.5. The van der Waals surface area contributed by atoms with Crippen molar-refractivity contribution >= 4 is 0 Å². The molecule has 0 bridgehead atoms. The van der Waals surface area contributed by atoms with Crippen LogP contribution in [0.5, 0.6) is 0 Å². The Morgan fingerprint density at radius 1 is 1.19 bits per heavy atom. The molecule has 4 heteroatoms. The summed E-state index contributed by atoms with van der Waals surface area (Å²) >= 11 is 0. The second-order valence-corrected chi connectivity index (χ2v) is 5.27. The molecule has 0 aliphatic carbocycles. The van der Waals surface area contributed by atoms with Gasteiger partial charge in [0.05, 0.1) is 12.2 Å². The SMILES string of the molecule is CCC(CC)(c1ccccc1)C(NN)c1cncc(F)c1. The van der Waals surface area contributed by atoms with Gasteiger partial charge in [0.1, 0.15) is 5.82 Å². The molecule has 0 aliphatic rings. The first-order chi connectivity index (χ1) is 10.2. The van der Waals surface area contributed by atoms with Gasteiger partial charge in [-0.15, -0.1) is 0 Å². The number of nitrogens with one attached hydrogen (secondary N) is 1. The highest BCUT2D eigenvalue weighted by atomic mass is 19.1. The average molecular weight is 287 g/mol. The Balaban J connectivity index is 2.54. The van der Waals surface area contributed by atoms with E-state index < -0.39 is 0 Å². The normalized spacial score (nSPS) is 13.1. The molecule has 1 aromatic heterocycles. The van der Waals surface area contributed by atoms with E-state index in [1.54, 1.807) is 6.20 Å². The molecule has 3 N–H and O–H groups in total. The lowest BCUT2D eigenvalue weighted by Crippen LogP contribution is -2.44. The number of benzene rings is 1. The van der Waals surface area contributed by atoms with Gasteiger partial charge in [0.25, 0.3) is 0 Å². The van der Waals surface area contributed by atoms with E-state index >= 15 is 0 Å². The van der Waals surface area contributed by atoms with Crippen LogP contribution in [-0.2, 0) is 5.41 Å². The minimum Gasteiger partial charge on any atom is -0.271 e. The molecule has 112 valence electrons. The fraction of sp³-hybridized carbons (Fsp3) is 0.353. The maximum absolute atomic E-state index is 13.5. The van der Waals surface area contributed by atoms with Crippen LogP contribution in [0.15, 0.2) is 48.8 Å². The summed E-state index contributed by atoms with van der Waals surface area (Å²) in [7, 11) is 0. The van der Waals surface area contributed by atoms with Crippen LogP contribution in [-0.4, -0.2) is 4.98 Å². The summed E-state index contributed by atoms with van der Waals surface area (Å²) in [6.45, 7) is 4.27. The standard InChI is InChI=1S/C17H22FN3/c1-3-17(4-2,14-8-6-5-7-9-14)16(21-19)13-10-15(18)12-20-11-13/h5-12,16,21H,3-4,19H2,1-2H3. The second kappa shape index (κ2) is 6.78. The highest BCUT2D eigenvalue weighted by Crippen LogP contribution is 2.42. The molecule has 0 fully saturated rings. The average Bonchev–Trinajstić information content (AvgIpc) is 2.53. The fourth-order valence-electron chi connectivity index (χ4n) is 3.16. The lowest BCUT2D eigenvalue weighted by atomic mass is 9.68. The van der Waals surface area contributed by atoms with Crippen LogP contribution in [0.4, 0.5) is 4.39 Å². The summed E-state index contributed by atoms with van der Waals surface area (Å²) in [5, 5.41) is 0. The van der Waals surface area contributed by atoms with Gasteiger partial charge in [0.15, 0.2) is 0 Å². The molecule has 0 amide bonds. The highest BCUT2D eigenvalue weighted by molar-refractivity contribution is 5.32. The Morgan fingerprint density at radius 3 is 2.38 bits per heavy atom. The van der Waals surface area contributed by atoms with E-state index in [-0.39, 0.29) is 17.3 Å². The van der Waals surface area contributed by atoms with E-state index in [4.69, 9.17) is 5.84 Å². The van der Waals surface area contributed by atoms with Crippen LogP contribution in [0.1, 0.15) is 43.9 Å². The van der Waals surface area contributed by atoms with Crippen molar-refractivity contribution in [1.82, 2.24) is 10.4 Å². The smallest absolute Gasteiger partial charge is 0.141 e. The predicted octanol–water partition coefficient (Wildman–Crippen LogP) is 3.48. The van der Waals surface area contributed by atoms with Gasteiger partial charge >= 0.3 is 0 Å². The van der Waals surface area contributed by atoms with Crippen LogP contribution in [0, 0.1) is 5.82 Å². The van der Waals surface area contributed by atoms with Crippen LogP contribution < -0.4 is 11.3 Å². The maximum Gasteiger partial charge on any atom is 0.141 e.